The van der Waals surface area contributed by atoms with Crippen LogP contribution in [0.25, 0.3) is 0 Å². The molecule has 0 spiro atoms. The van der Waals surface area contributed by atoms with Crippen LogP contribution in [-0.2, 0) is 19.5 Å². The summed E-state index contributed by atoms with van der Waals surface area (Å²) in [5, 5.41) is 12.8. The minimum absolute atomic E-state index is 0.233. The van der Waals surface area contributed by atoms with Gasteiger partial charge in [0.2, 0.25) is 0 Å². The maximum absolute atomic E-state index is 4.45. The Morgan fingerprint density at radius 3 is 2.40 bits per heavy atom. The highest BCUT2D eigenvalue weighted by atomic mass is 15.6. The monoisotopic (exact) mass is 405 g/mol. The third kappa shape index (κ3) is 5.09. The zero-order valence-corrected chi connectivity index (χ0v) is 17.9. The lowest BCUT2D eigenvalue weighted by atomic mass is 10.0. The molecule has 7 heteroatoms. The maximum Gasteiger partial charge on any atom is 0.168 e. The van der Waals surface area contributed by atoms with Crippen LogP contribution in [0.3, 0.4) is 0 Å². The fourth-order valence-corrected chi connectivity index (χ4v) is 4.29. The van der Waals surface area contributed by atoms with Crippen molar-refractivity contribution >= 4 is 0 Å². The summed E-state index contributed by atoms with van der Waals surface area (Å²) in [6.07, 6.45) is 4.73. The van der Waals surface area contributed by atoms with Crippen molar-refractivity contribution in [1.82, 2.24) is 35.0 Å². The number of aryl methyl sites for hydroxylation is 2. The highest BCUT2D eigenvalue weighted by Crippen LogP contribution is 2.28. The van der Waals surface area contributed by atoms with E-state index in [1.54, 1.807) is 0 Å². The van der Waals surface area contributed by atoms with Gasteiger partial charge in [0.15, 0.2) is 5.82 Å². The molecular weight excluding hydrogens is 374 g/mol. The van der Waals surface area contributed by atoms with Crippen molar-refractivity contribution in [2.45, 2.75) is 39.4 Å². The van der Waals surface area contributed by atoms with Crippen molar-refractivity contribution in [2.24, 2.45) is 5.92 Å². The van der Waals surface area contributed by atoms with E-state index in [-0.39, 0.29) is 6.04 Å². The average molecular weight is 406 g/mol. The van der Waals surface area contributed by atoms with Gasteiger partial charge in [-0.05, 0) is 40.0 Å². The fourth-order valence-electron chi connectivity index (χ4n) is 4.29. The number of benzene rings is 1. The van der Waals surface area contributed by atoms with Gasteiger partial charge in [0.05, 0.1) is 6.04 Å². The van der Waals surface area contributed by atoms with Crippen LogP contribution >= 0.6 is 0 Å². The predicted molar refractivity (Wildman–Crippen MR) is 117 cm³/mol. The van der Waals surface area contributed by atoms with E-state index in [1.165, 1.54) is 11.1 Å². The highest BCUT2D eigenvalue weighted by Gasteiger charge is 2.31. The molecule has 1 unspecified atom stereocenters. The van der Waals surface area contributed by atoms with Gasteiger partial charge in [-0.1, -0.05) is 50.2 Å². The van der Waals surface area contributed by atoms with Gasteiger partial charge < -0.3 is 0 Å². The Kier molecular flexibility index (Phi) is 6.81. The van der Waals surface area contributed by atoms with Gasteiger partial charge in [-0.2, -0.15) is 0 Å². The Bertz CT molecular complexity index is 886. The topological polar surface area (TPSA) is 63.0 Å². The summed E-state index contributed by atoms with van der Waals surface area (Å²) in [5.74, 6) is 1.43. The van der Waals surface area contributed by atoms with Crippen LogP contribution in [0.5, 0.6) is 0 Å². The molecule has 0 radical (unpaired) electrons. The molecule has 4 rings (SSSR count). The molecular formula is C23H31N7. The fraction of sp³-hybridized carbons (Fsp3) is 0.478. The summed E-state index contributed by atoms with van der Waals surface area (Å²) in [6, 6.07) is 14.9. The largest absolute Gasteiger partial charge is 0.296 e. The zero-order valence-electron chi connectivity index (χ0n) is 17.9. The van der Waals surface area contributed by atoms with Crippen molar-refractivity contribution < 1.29 is 0 Å². The van der Waals surface area contributed by atoms with Crippen LogP contribution in [0.4, 0.5) is 0 Å². The minimum atomic E-state index is 0.233. The van der Waals surface area contributed by atoms with Crippen molar-refractivity contribution in [3.8, 4) is 0 Å². The van der Waals surface area contributed by atoms with Crippen LogP contribution in [0.2, 0.25) is 0 Å². The van der Waals surface area contributed by atoms with E-state index in [0.29, 0.717) is 5.92 Å². The van der Waals surface area contributed by atoms with Crippen molar-refractivity contribution in [3.05, 3.63) is 71.8 Å². The second kappa shape index (κ2) is 9.91. The lowest BCUT2D eigenvalue weighted by molar-refractivity contribution is 0.0661. The van der Waals surface area contributed by atoms with E-state index >= 15 is 0 Å². The summed E-state index contributed by atoms with van der Waals surface area (Å²) >= 11 is 0. The Labute approximate surface area is 178 Å². The number of hydrogen-bond donors (Lipinski definition) is 0. The Balaban J connectivity index is 1.39. The summed E-state index contributed by atoms with van der Waals surface area (Å²) in [4.78, 5) is 9.29. The quantitative estimate of drug-likeness (QED) is 0.574. The van der Waals surface area contributed by atoms with Crippen LogP contribution in [0.1, 0.15) is 36.8 Å². The van der Waals surface area contributed by atoms with Gasteiger partial charge in [-0.25, -0.2) is 4.68 Å². The molecule has 0 amide bonds. The molecule has 3 aromatic rings. The predicted octanol–water partition coefficient (Wildman–Crippen LogP) is 2.83. The van der Waals surface area contributed by atoms with Crippen LogP contribution in [0.15, 0.2) is 54.9 Å². The maximum atomic E-state index is 4.45. The van der Waals surface area contributed by atoms with Gasteiger partial charge >= 0.3 is 0 Å². The molecule has 3 heterocycles. The molecule has 1 saturated heterocycles. The third-order valence-electron chi connectivity index (χ3n) is 5.84. The molecule has 1 aliphatic rings. The first-order valence-corrected chi connectivity index (χ1v) is 10.9. The van der Waals surface area contributed by atoms with Crippen LogP contribution in [-0.4, -0.2) is 61.2 Å². The lowest BCUT2D eigenvalue weighted by Gasteiger charge is -2.40. The summed E-state index contributed by atoms with van der Waals surface area (Å²) in [7, 11) is 0. The number of pyridine rings is 1. The molecule has 0 aliphatic carbocycles. The summed E-state index contributed by atoms with van der Waals surface area (Å²) in [5.41, 5.74) is 2.58. The van der Waals surface area contributed by atoms with E-state index in [2.05, 4.69) is 80.6 Å². The smallest absolute Gasteiger partial charge is 0.168 e. The van der Waals surface area contributed by atoms with Crippen molar-refractivity contribution in [1.29, 1.82) is 0 Å². The second-order valence-electron chi connectivity index (χ2n) is 8.36. The second-order valence-corrected chi connectivity index (χ2v) is 8.36. The van der Waals surface area contributed by atoms with E-state index in [4.69, 9.17) is 0 Å². The number of rotatable bonds is 8. The van der Waals surface area contributed by atoms with E-state index in [1.807, 2.05) is 23.1 Å². The molecule has 0 bridgehead atoms. The van der Waals surface area contributed by atoms with Gasteiger partial charge in [0.1, 0.15) is 0 Å². The van der Waals surface area contributed by atoms with Crippen LogP contribution in [0, 0.1) is 5.92 Å². The van der Waals surface area contributed by atoms with E-state index < -0.39 is 0 Å². The first kappa shape index (κ1) is 20.6. The van der Waals surface area contributed by atoms with E-state index in [9.17, 15) is 0 Å². The molecule has 1 fully saturated rings. The molecule has 7 nitrogen and oxygen atoms in total. The molecule has 1 atom stereocenters. The summed E-state index contributed by atoms with van der Waals surface area (Å²) < 4.78 is 2.00. The molecule has 0 saturated carbocycles. The molecule has 0 N–H and O–H groups in total. The molecule has 158 valence electrons. The zero-order chi connectivity index (χ0) is 20.8. The van der Waals surface area contributed by atoms with Gasteiger partial charge in [0, 0.05) is 51.7 Å². The highest BCUT2D eigenvalue weighted by molar-refractivity contribution is 5.14. The Morgan fingerprint density at radius 1 is 0.933 bits per heavy atom. The van der Waals surface area contributed by atoms with E-state index in [0.717, 1.165) is 51.5 Å². The Morgan fingerprint density at radius 2 is 1.70 bits per heavy atom. The number of piperazine rings is 1. The average Bonchev–Trinajstić information content (AvgIpc) is 3.23. The number of aromatic nitrogens is 5. The SMILES string of the molecule is CC(C)C(c1nnnn1CCc1ccccc1)N1CCN(Cc2cccnc2)CC1. The standard InChI is InChI=1S/C23H31N7/c1-19(2)22(23-25-26-27-30(23)12-10-20-7-4-3-5-8-20)29-15-13-28(14-16-29)18-21-9-6-11-24-17-21/h3-9,11,17,19,22H,10,12-16,18H2,1-2H3. The number of hydrogen-bond acceptors (Lipinski definition) is 6. The number of nitrogens with zero attached hydrogens (tertiary/aromatic N) is 7. The molecule has 1 aromatic carbocycles. The molecule has 2 aromatic heterocycles. The minimum Gasteiger partial charge on any atom is -0.296 e. The lowest BCUT2D eigenvalue weighted by Crippen LogP contribution is -2.48. The Hall–Kier alpha value is -2.64. The van der Waals surface area contributed by atoms with Crippen LogP contribution < -0.4 is 0 Å². The van der Waals surface area contributed by atoms with Crippen molar-refractivity contribution in [3.63, 3.8) is 0 Å². The third-order valence-corrected chi connectivity index (χ3v) is 5.84. The molecule has 1 aliphatic heterocycles. The van der Waals surface area contributed by atoms with Crippen molar-refractivity contribution in [2.75, 3.05) is 26.2 Å². The molecule has 30 heavy (non-hydrogen) atoms. The van der Waals surface area contributed by atoms with Gasteiger partial charge in [-0.15, -0.1) is 5.10 Å². The first-order chi connectivity index (χ1) is 14.7. The first-order valence-electron chi connectivity index (χ1n) is 10.9. The van der Waals surface area contributed by atoms with Gasteiger partial charge in [-0.3, -0.25) is 14.8 Å². The number of tetrazole rings is 1. The van der Waals surface area contributed by atoms with Gasteiger partial charge in [0.25, 0.3) is 0 Å². The summed E-state index contributed by atoms with van der Waals surface area (Å²) in [6.45, 7) is 10.4. The normalized spacial score (nSPS) is 16.8.